The summed E-state index contributed by atoms with van der Waals surface area (Å²) in [6.45, 7) is 22.5. The maximum atomic E-state index is 6.26. The molecule has 0 radical (unpaired) electrons. The zero-order valence-electron chi connectivity index (χ0n) is 34.0. The summed E-state index contributed by atoms with van der Waals surface area (Å²) in [4.78, 5) is 0. The van der Waals surface area contributed by atoms with Crippen LogP contribution >= 0.6 is 0 Å². The number of rotatable bonds is 28. The molecule has 8 heteroatoms. The van der Waals surface area contributed by atoms with Crippen LogP contribution in [0.25, 0.3) is 22.3 Å². The average Bonchev–Trinajstić information content (AvgIpc) is 3.58. The lowest BCUT2D eigenvalue weighted by Crippen LogP contribution is -2.31. The van der Waals surface area contributed by atoms with Gasteiger partial charge >= 0.3 is 0 Å². The van der Waals surface area contributed by atoms with Gasteiger partial charge in [-0.15, -0.1) is 0 Å². The molecule has 0 aromatic heterocycles. The number of aryl methyl sites for hydroxylation is 2. The largest absolute Gasteiger partial charge is 0.379 e. The SMILES string of the molecule is CCOCCOCCC1(CCOCCOCC)c2cc(C)ccc2-c2cc3c(cc21)-c1ccc(C)cc1C3(CCOCCOCC)CCOCCOCC. The van der Waals surface area contributed by atoms with Crippen molar-refractivity contribution < 1.29 is 37.9 Å². The minimum Gasteiger partial charge on any atom is -0.379 e. The van der Waals surface area contributed by atoms with Crippen LogP contribution in [0.2, 0.25) is 0 Å². The van der Waals surface area contributed by atoms with Gasteiger partial charge < -0.3 is 37.9 Å². The third-order valence-corrected chi connectivity index (χ3v) is 11.1. The second kappa shape index (κ2) is 21.6. The van der Waals surface area contributed by atoms with E-state index >= 15 is 0 Å². The molecule has 0 heterocycles. The summed E-state index contributed by atoms with van der Waals surface area (Å²) < 4.78 is 47.5. The highest BCUT2D eigenvalue weighted by Gasteiger charge is 2.48. The molecular weight excluding hydrogens is 680 g/mol. The lowest BCUT2D eigenvalue weighted by atomic mass is 9.70. The van der Waals surface area contributed by atoms with E-state index in [0.29, 0.717) is 106 Å². The highest BCUT2D eigenvalue weighted by molar-refractivity contribution is 5.90. The first kappa shape index (κ1) is 42.5. The standard InChI is InChI=1S/C46H66O8/c1-7-47-23-27-51-19-15-45(16-20-52-28-24-48-8-2)41-31-35(5)11-13-37(41)39-34-44-40(33-43(39)45)38-14-12-36(6)32-42(38)46(44,17-21-53-29-25-49-9-3)18-22-54-30-26-50-10-4/h11-14,31-34H,7-10,15-30H2,1-6H3. The molecule has 54 heavy (non-hydrogen) atoms. The molecule has 5 rings (SSSR count). The van der Waals surface area contributed by atoms with Crippen molar-refractivity contribution in [3.8, 4) is 22.3 Å². The van der Waals surface area contributed by atoms with Crippen LogP contribution < -0.4 is 0 Å². The van der Waals surface area contributed by atoms with E-state index < -0.39 is 0 Å². The molecule has 0 N–H and O–H groups in total. The zero-order valence-corrected chi connectivity index (χ0v) is 34.0. The number of hydrogen-bond acceptors (Lipinski definition) is 8. The highest BCUT2D eigenvalue weighted by atomic mass is 16.5. The van der Waals surface area contributed by atoms with E-state index in [4.69, 9.17) is 37.9 Å². The summed E-state index contributed by atoms with van der Waals surface area (Å²) >= 11 is 0. The van der Waals surface area contributed by atoms with Crippen LogP contribution in [0.15, 0.2) is 48.5 Å². The lowest BCUT2D eigenvalue weighted by Gasteiger charge is -2.34. The normalized spacial score (nSPS) is 14.6. The van der Waals surface area contributed by atoms with E-state index in [-0.39, 0.29) is 10.8 Å². The number of hydrogen-bond donors (Lipinski definition) is 0. The van der Waals surface area contributed by atoms with Gasteiger partial charge in [-0.2, -0.15) is 0 Å². The van der Waals surface area contributed by atoms with Crippen molar-refractivity contribution in [3.05, 3.63) is 81.9 Å². The smallest absolute Gasteiger partial charge is 0.0700 e. The molecule has 0 spiro atoms. The third-order valence-electron chi connectivity index (χ3n) is 11.1. The van der Waals surface area contributed by atoms with Crippen molar-refractivity contribution in [2.24, 2.45) is 0 Å². The Morgan fingerprint density at radius 3 is 0.907 bits per heavy atom. The summed E-state index contributed by atoms with van der Waals surface area (Å²) in [5.41, 5.74) is 12.7. The molecule has 8 nitrogen and oxygen atoms in total. The molecule has 3 aromatic carbocycles. The predicted octanol–water partition coefficient (Wildman–Crippen LogP) is 8.61. The van der Waals surface area contributed by atoms with E-state index in [1.807, 2.05) is 27.7 Å². The van der Waals surface area contributed by atoms with Crippen molar-refractivity contribution >= 4 is 0 Å². The minimum absolute atomic E-state index is 0.274. The van der Waals surface area contributed by atoms with Crippen LogP contribution in [0.4, 0.5) is 0 Å². The maximum absolute atomic E-state index is 6.26. The van der Waals surface area contributed by atoms with Gasteiger partial charge in [-0.3, -0.25) is 0 Å². The van der Waals surface area contributed by atoms with Crippen LogP contribution in [0.5, 0.6) is 0 Å². The van der Waals surface area contributed by atoms with Gasteiger partial charge in [0.1, 0.15) is 0 Å². The summed E-state index contributed by atoms with van der Waals surface area (Å²) in [6.07, 6.45) is 3.40. The summed E-state index contributed by atoms with van der Waals surface area (Å²) in [5.74, 6) is 0. The third kappa shape index (κ3) is 10.0. The molecular formula is C46H66O8. The fourth-order valence-electron chi connectivity index (χ4n) is 8.48. The predicted molar refractivity (Wildman–Crippen MR) is 216 cm³/mol. The van der Waals surface area contributed by atoms with Gasteiger partial charge in [-0.25, -0.2) is 0 Å². The average molecular weight is 747 g/mol. The van der Waals surface area contributed by atoms with E-state index in [0.717, 1.165) is 25.7 Å². The Balaban J connectivity index is 1.59. The Labute approximate surface area is 325 Å². The van der Waals surface area contributed by atoms with Crippen LogP contribution in [-0.4, -0.2) is 106 Å². The Hall–Kier alpha value is -2.66. The lowest BCUT2D eigenvalue weighted by molar-refractivity contribution is 0.0354. The first-order valence-electron chi connectivity index (χ1n) is 20.5. The Morgan fingerprint density at radius 1 is 0.333 bits per heavy atom. The molecule has 0 saturated carbocycles. The van der Waals surface area contributed by atoms with Gasteiger partial charge in [0, 0.05) is 63.7 Å². The fourth-order valence-corrected chi connectivity index (χ4v) is 8.48. The van der Waals surface area contributed by atoms with Gasteiger partial charge in [-0.05, 0) is 124 Å². The molecule has 0 bridgehead atoms. The van der Waals surface area contributed by atoms with Crippen molar-refractivity contribution in [1.82, 2.24) is 0 Å². The molecule has 298 valence electrons. The summed E-state index contributed by atoms with van der Waals surface area (Å²) in [5, 5.41) is 0. The fraction of sp³-hybridized carbons (Fsp3) is 0.609. The van der Waals surface area contributed by atoms with Crippen LogP contribution in [-0.2, 0) is 48.7 Å². The van der Waals surface area contributed by atoms with Gasteiger partial charge in [0.05, 0.1) is 52.9 Å². The number of benzene rings is 3. The summed E-state index contributed by atoms with van der Waals surface area (Å²) in [6, 6.07) is 19.1. The van der Waals surface area contributed by atoms with Gasteiger partial charge in [-0.1, -0.05) is 47.5 Å². The van der Waals surface area contributed by atoms with E-state index in [1.165, 1.54) is 55.6 Å². The Bertz CT molecular complexity index is 1440. The van der Waals surface area contributed by atoms with Crippen LogP contribution in [0.1, 0.15) is 86.8 Å². The molecule has 0 saturated heterocycles. The zero-order chi connectivity index (χ0) is 38.2. The Morgan fingerprint density at radius 2 is 0.611 bits per heavy atom. The first-order chi connectivity index (χ1) is 26.5. The van der Waals surface area contributed by atoms with Gasteiger partial charge in [0.15, 0.2) is 0 Å². The second-order valence-corrected chi connectivity index (χ2v) is 14.4. The first-order valence-corrected chi connectivity index (χ1v) is 20.5. The van der Waals surface area contributed by atoms with Gasteiger partial charge in [0.25, 0.3) is 0 Å². The monoisotopic (exact) mass is 746 g/mol. The van der Waals surface area contributed by atoms with Crippen molar-refractivity contribution in [1.29, 1.82) is 0 Å². The van der Waals surface area contributed by atoms with Crippen LogP contribution in [0, 0.1) is 13.8 Å². The molecule has 2 aliphatic rings. The van der Waals surface area contributed by atoms with E-state index in [2.05, 4.69) is 62.4 Å². The topological polar surface area (TPSA) is 73.8 Å². The van der Waals surface area contributed by atoms with E-state index in [9.17, 15) is 0 Å². The molecule has 3 aromatic rings. The Kier molecular flexibility index (Phi) is 17.0. The van der Waals surface area contributed by atoms with Crippen molar-refractivity contribution in [3.63, 3.8) is 0 Å². The molecule has 0 fully saturated rings. The second-order valence-electron chi connectivity index (χ2n) is 14.4. The number of ether oxygens (including phenoxy) is 8. The highest BCUT2D eigenvalue weighted by Crippen LogP contribution is 2.60. The quantitative estimate of drug-likeness (QED) is 0.0685. The molecule has 0 unspecified atom stereocenters. The van der Waals surface area contributed by atoms with Crippen molar-refractivity contribution in [2.45, 2.75) is 78.1 Å². The summed E-state index contributed by atoms with van der Waals surface area (Å²) in [7, 11) is 0. The molecule has 0 aliphatic heterocycles. The number of fused-ring (bicyclic) bond motifs is 6. The van der Waals surface area contributed by atoms with Gasteiger partial charge in [0.2, 0.25) is 0 Å². The molecule has 2 aliphatic carbocycles. The van der Waals surface area contributed by atoms with E-state index in [1.54, 1.807) is 0 Å². The molecule has 0 amide bonds. The maximum Gasteiger partial charge on any atom is 0.0700 e. The van der Waals surface area contributed by atoms with Crippen molar-refractivity contribution in [2.75, 3.05) is 106 Å². The van der Waals surface area contributed by atoms with Crippen LogP contribution in [0.3, 0.4) is 0 Å². The molecule has 0 atom stereocenters. The minimum atomic E-state index is -0.274.